The smallest absolute Gasteiger partial charge is 0.119 e. The van der Waals surface area contributed by atoms with E-state index in [0.717, 1.165) is 41.7 Å². The fraction of sp³-hybridized carbons (Fsp3) is 0.450. The van der Waals surface area contributed by atoms with Crippen molar-refractivity contribution in [2.75, 3.05) is 20.2 Å². The Kier molecular flexibility index (Phi) is 4.02. The number of pyridine rings is 1. The lowest BCUT2D eigenvalue weighted by Crippen LogP contribution is -2.52. The zero-order chi connectivity index (χ0) is 16.7. The molecule has 4 heteroatoms. The van der Waals surface area contributed by atoms with E-state index in [9.17, 15) is 5.11 Å². The minimum atomic E-state index is -0.496. The molecular formula is C20H24N2O2. The molecule has 1 N–H and O–H groups in total. The second kappa shape index (κ2) is 6.19. The zero-order valence-corrected chi connectivity index (χ0v) is 14.3. The van der Waals surface area contributed by atoms with Crippen LogP contribution in [0.2, 0.25) is 0 Å². The molecule has 4 nitrogen and oxygen atoms in total. The Morgan fingerprint density at radius 2 is 2.25 bits per heavy atom. The van der Waals surface area contributed by atoms with Crippen molar-refractivity contribution in [1.82, 2.24) is 9.88 Å². The quantitative estimate of drug-likeness (QED) is 0.880. The van der Waals surface area contributed by atoms with Gasteiger partial charge in [-0.2, -0.15) is 0 Å². The van der Waals surface area contributed by atoms with Crippen LogP contribution in [0, 0.1) is 5.92 Å². The molecule has 3 fully saturated rings. The zero-order valence-electron chi connectivity index (χ0n) is 14.3. The predicted octanol–water partition coefficient (Wildman–Crippen LogP) is 3.32. The van der Waals surface area contributed by atoms with Crippen LogP contribution in [-0.2, 0) is 0 Å². The number of ether oxygens (including phenoxy) is 1. The number of methoxy groups -OCH3 is 1. The standard InChI is InChI=1S/C20H24N2O2/c1-3-13-12-22-9-7-14(13)10-19(22)20(23)16-6-8-21-18-5-4-15(24-2)11-17(16)18/h3-6,8,11,14,19-20,23H,7,9-10,12H2,1-2H3/b13-3-/t14-,19+,20+/m0/s1. The number of benzene rings is 1. The Labute approximate surface area is 142 Å². The third-order valence-electron chi connectivity index (χ3n) is 5.71. The molecule has 3 saturated heterocycles. The molecule has 126 valence electrons. The minimum Gasteiger partial charge on any atom is -0.497 e. The van der Waals surface area contributed by atoms with Crippen LogP contribution < -0.4 is 4.74 Å². The van der Waals surface area contributed by atoms with Crippen LogP contribution in [0.4, 0.5) is 0 Å². The first kappa shape index (κ1) is 15.6. The monoisotopic (exact) mass is 324 g/mol. The van der Waals surface area contributed by atoms with Gasteiger partial charge in [-0.3, -0.25) is 9.88 Å². The highest BCUT2D eigenvalue weighted by molar-refractivity contribution is 5.83. The van der Waals surface area contributed by atoms with E-state index in [4.69, 9.17) is 4.74 Å². The molecule has 1 aromatic heterocycles. The van der Waals surface area contributed by atoms with E-state index in [0.29, 0.717) is 5.92 Å². The molecular weight excluding hydrogens is 300 g/mol. The number of hydrogen-bond donors (Lipinski definition) is 1. The maximum Gasteiger partial charge on any atom is 0.119 e. The molecule has 3 aliphatic rings. The first-order chi connectivity index (χ1) is 11.7. The van der Waals surface area contributed by atoms with Gasteiger partial charge >= 0.3 is 0 Å². The Hall–Kier alpha value is -1.91. The molecule has 24 heavy (non-hydrogen) atoms. The van der Waals surface area contributed by atoms with E-state index in [2.05, 4.69) is 22.9 Å². The molecule has 0 amide bonds. The van der Waals surface area contributed by atoms with Crippen LogP contribution in [0.5, 0.6) is 5.75 Å². The summed E-state index contributed by atoms with van der Waals surface area (Å²) in [5.74, 6) is 1.42. The van der Waals surface area contributed by atoms with E-state index in [1.807, 2.05) is 24.3 Å². The van der Waals surface area contributed by atoms with Gasteiger partial charge in [0.15, 0.2) is 0 Å². The molecule has 0 radical (unpaired) electrons. The second-order valence-electron chi connectivity index (χ2n) is 6.85. The summed E-state index contributed by atoms with van der Waals surface area (Å²) in [6.07, 6.45) is 5.80. The van der Waals surface area contributed by atoms with Gasteiger partial charge in [-0.05, 0) is 62.1 Å². The molecule has 0 saturated carbocycles. The van der Waals surface area contributed by atoms with Gasteiger partial charge in [-0.15, -0.1) is 0 Å². The first-order valence-corrected chi connectivity index (χ1v) is 8.71. The molecule has 0 aliphatic carbocycles. The molecule has 0 spiro atoms. The number of aromatic nitrogens is 1. The van der Waals surface area contributed by atoms with Crippen LogP contribution >= 0.6 is 0 Å². The van der Waals surface area contributed by atoms with Crippen molar-refractivity contribution in [1.29, 1.82) is 0 Å². The molecule has 2 bridgehead atoms. The number of hydrogen-bond acceptors (Lipinski definition) is 4. The van der Waals surface area contributed by atoms with Crippen LogP contribution in [0.15, 0.2) is 42.1 Å². The average molecular weight is 324 g/mol. The van der Waals surface area contributed by atoms with Crippen LogP contribution in [-0.4, -0.2) is 41.2 Å². The van der Waals surface area contributed by atoms with E-state index in [1.165, 1.54) is 12.0 Å². The molecule has 1 aromatic carbocycles. The van der Waals surface area contributed by atoms with Gasteiger partial charge in [-0.1, -0.05) is 11.6 Å². The minimum absolute atomic E-state index is 0.184. The van der Waals surface area contributed by atoms with Gasteiger partial charge in [0.1, 0.15) is 5.75 Å². The van der Waals surface area contributed by atoms with Crippen molar-refractivity contribution in [2.24, 2.45) is 5.92 Å². The summed E-state index contributed by atoms with van der Waals surface area (Å²) in [6, 6.07) is 7.98. The van der Waals surface area contributed by atoms with Gasteiger partial charge in [-0.25, -0.2) is 0 Å². The Morgan fingerprint density at radius 3 is 2.96 bits per heavy atom. The predicted molar refractivity (Wildman–Crippen MR) is 95.1 cm³/mol. The molecule has 4 heterocycles. The number of aliphatic hydroxyl groups is 1. The summed E-state index contributed by atoms with van der Waals surface area (Å²) in [4.78, 5) is 6.87. The van der Waals surface area contributed by atoms with Gasteiger partial charge in [0.2, 0.25) is 0 Å². The summed E-state index contributed by atoms with van der Waals surface area (Å²) < 4.78 is 5.35. The Bertz CT molecular complexity index is 786. The Morgan fingerprint density at radius 1 is 1.38 bits per heavy atom. The van der Waals surface area contributed by atoms with Gasteiger partial charge in [0.05, 0.1) is 18.7 Å². The lowest BCUT2D eigenvalue weighted by atomic mass is 9.76. The Balaban J connectivity index is 1.70. The topological polar surface area (TPSA) is 45.6 Å². The summed E-state index contributed by atoms with van der Waals surface area (Å²) in [5.41, 5.74) is 3.39. The largest absolute Gasteiger partial charge is 0.497 e. The van der Waals surface area contributed by atoms with E-state index in [1.54, 1.807) is 13.3 Å². The number of piperidine rings is 3. The number of fused-ring (bicyclic) bond motifs is 4. The summed E-state index contributed by atoms with van der Waals surface area (Å²) in [6.45, 7) is 4.20. The maximum absolute atomic E-state index is 11.2. The fourth-order valence-corrected chi connectivity index (χ4v) is 4.34. The number of rotatable bonds is 3. The van der Waals surface area contributed by atoms with Gasteiger partial charge in [0.25, 0.3) is 0 Å². The van der Waals surface area contributed by atoms with Gasteiger partial charge in [0, 0.05) is 24.2 Å². The lowest BCUT2D eigenvalue weighted by molar-refractivity contribution is -0.00340. The summed E-state index contributed by atoms with van der Waals surface area (Å²) in [7, 11) is 1.66. The van der Waals surface area contributed by atoms with Crippen molar-refractivity contribution < 1.29 is 9.84 Å². The van der Waals surface area contributed by atoms with Crippen LogP contribution in [0.25, 0.3) is 10.9 Å². The normalized spacial score (nSPS) is 29.1. The highest BCUT2D eigenvalue weighted by Gasteiger charge is 2.40. The van der Waals surface area contributed by atoms with Crippen LogP contribution in [0.3, 0.4) is 0 Å². The fourth-order valence-electron chi connectivity index (χ4n) is 4.34. The number of allylic oxidation sites excluding steroid dienone is 1. The lowest BCUT2D eigenvalue weighted by Gasteiger charge is -2.48. The maximum atomic E-state index is 11.2. The van der Waals surface area contributed by atoms with E-state index in [-0.39, 0.29) is 6.04 Å². The van der Waals surface area contributed by atoms with Crippen molar-refractivity contribution in [2.45, 2.75) is 31.9 Å². The van der Waals surface area contributed by atoms with Crippen LogP contribution in [0.1, 0.15) is 31.4 Å². The second-order valence-corrected chi connectivity index (χ2v) is 6.85. The highest BCUT2D eigenvalue weighted by Crippen LogP contribution is 2.41. The molecule has 3 aliphatic heterocycles. The summed E-state index contributed by atoms with van der Waals surface area (Å²) >= 11 is 0. The van der Waals surface area contributed by atoms with E-state index < -0.39 is 6.10 Å². The number of nitrogens with zero attached hydrogens (tertiary/aromatic N) is 2. The van der Waals surface area contributed by atoms with Crippen molar-refractivity contribution >= 4 is 10.9 Å². The highest BCUT2D eigenvalue weighted by atomic mass is 16.5. The first-order valence-electron chi connectivity index (χ1n) is 8.71. The number of aliphatic hydroxyl groups excluding tert-OH is 1. The molecule has 2 aromatic rings. The summed E-state index contributed by atoms with van der Waals surface area (Å²) in [5, 5.41) is 12.1. The average Bonchev–Trinajstić information content (AvgIpc) is 2.66. The molecule has 5 rings (SSSR count). The van der Waals surface area contributed by atoms with Gasteiger partial charge < -0.3 is 9.84 Å². The SMILES string of the molecule is C/C=C1/CN2CC[C@H]1C[C@@H]2[C@H](O)c1ccnc2ccc(OC)cc12. The molecule has 4 atom stereocenters. The van der Waals surface area contributed by atoms with Crippen molar-refractivity contribution in [3.05, 3.63) is 47.7 Å². The van der Waals surface area contributed by atoms with Crippen molar-refractivity contribution in [3.63, 3.8) is 0 Å². The van der Waals surface area contributed by atoms with Crippen molar-refractivity contribution in [3.8, 4) is 5.75 Å². The third kappa shape index (κ3) is 2.50. The third-order valence-corrected chi connectivity index (χ3v) is 5.71. The molecule has 1 unspecified atom stereocenters. The van der Waals surface area contributed by atoms with E-state index >= 15 is 0 Å².